The second kappa shape index (κ2) is 8.42. The van der Waals surface area contributed by atoms with Gasteiger partial charge in [0, 0.05) is 30.2 Å². The number of hydrogen-bond donors (Lipinski definition) is 2. The second-order valence-electron chi connectivity index (χ2n) is 7.33. The molecule has 3 aromatic heterocycles. The van der Waals surface area contributed by atoms with Crippen LogP contribution in [0.4, 0.5) is 0 Å². The smallest absolute Gasteiger partial charge is 0.306 e. The van der Waals surface area contributed by atoms with Gasteiger partial charge in [0.15, 0.2) is 5.69 Å². The molecular formula is C20H24N6O3. The summed E-state index contributed by atoms with van der Waals surface area (Å²) in [5, 5.41) is 10.8. The molecule has 0 aliphatic heterocycles. The minimum atomic E-state index is -0.227. The van der Waals surface area contributed by atoms with Gasteiger partial charge in [0.25, 0.3) is 5.91 Å². The topological polar surface area (TPSA) is 115 Å². The third kappa shape index (κ3) is 4.28. The molecule has 1 saturated carbocycles. The maximum Gasteiger partial charge on any atom is 0.306 e. The summed E-state index contributed by atoms with van der Waals surface area (Å²) < 4.78 is 6.79. The molecule has 9 heteroatoms. The number of ether oxygens (including phenoxy) is 1. The summed E-state index contributed by atoms with van der Waals surface area (Å²) >= 11 is 0. The van der Waals surface area contributed by atoms with Crippen molar-refractivity contribution in [3.8, 4) is 5.82 Å². The standard InChI is InChI=1S/C20H24N6O3/c1-2-29-17(27)9-13-3-5-15(6-4-13)23-20(28)19-18-14(11-22-25-18)10-16(24-19)26-8-7-21-12-26/h7-8,10-13,15H,2-6,9H2,1H3,(H,22,25)(H,23,28)/t13-,15-. The average Bonchev–Trinajstić information content (AvgIpc) is 3.40. The lowest BCUT2D eigenvalue weighted by molar-refractivity contribution is -0.144. The quantitative estimate of drug-likeness (QED) is 0.618. The highest BCUT2D eigenvalue weighted by atomic mass is 16.5. The lowest BCUT2D eigenvalue weighted by atomic mass is 9.84. The first-order valence-corrected chi connectivity index (χ1v) is 9.93. The third-order valence-corrected chi connectivity index (χ3v) is 5.34. The zero-order valence-corrected chi connectivity index (χ0v) is 16.3. The highest BCUT2D eigenvalue weighted by Gasteiger charge is 2.26. The molecule has 3 aromatic rings. The van der Waals surface area contributed by atoms with Crippen LogP contribution < -0.4 is 5.32 Å². The predicted molar refractivity (Wildman–Crippen MR) is 105 cm³/mol. The molecule has 1 amide bonds. The van der Waals surface area contributed by atoms with E-state index in [4.69, 9.17) is 4.74 Å². The first-order valence-electron chi connectivity index (χ1n) is 9.93. The minimum absolute atomic E-state index is 0.0672. The van der Waals surface area contributed by atoms with Crippen molar-refractivity contribution in [2.24, 2.45) is 5.92 Å². The van der Waals surface area contributed by atoms with Gasteiger partial charge in [-0.1, -0.05) is 0 Å². The molecule has 0 bridgehead atoms. The molecule has 1 aliphatic carbocycles. The Labute approximate surface area is 167 Å². The number of amides is 1. The van der Waals surface area contributed by atoms with E-state index < -0.39 is 0 Å². The average molecular weight is 396 g/mol. The Hall–Kier alpha value is -3.23. The van der Waals surface area contributed by atoms with Crippen molar-refractivity contribution in [3.05, 3.63) is 36.7 Å². The van der Waals surface area contributed by atoms with Gasteiger partial charge in [-0.15, -0.1) is 0 Å². The van der Waals surface area contributed by atoms with E-state index in [9.17, 15) is 9.59 Å². The number of carbonyl (C=O) groups is 2. The van der Waals surface area contributed by atoms with Gasteiger partial charge in [0.2, 0.25) is 0 Å². The van der Waals surface area contributed by atoms with Crippen LogP contribution in [0.5, 0.6) is 0 Å². The highest BCUT2D eigenvalue weighted by molar-refractivity contribution is 6.04. The van der Waals surface area contributed by atoms with E-state index in [0.717, 1.165) is 31.1 Å². The third-order valence-electron chi connectivity index (χ3n) is 5.34. The second-order valence-corrected chi connectivity index (χ2v) is 7.33. The Kier molecular flexibility index (Phi) is 5.55. The summed E-state index contributed by atoms with van der Waals surface area (Å²) in [7, 11) is 0. The van der Waals surface area contributed by atoms with Gasteiger partial charge < -0.3 is 10.1 Å². The molecule has 2 N–H and O–H groups in total. The number of nitrogens with one attached hydrogen (secondary N) is 2. The van der Waals surface area contributed by atoms with Crippen molar-refractivity contribution in [2.45, 2.75) is 45.1 Å². The van der Waals surface area contributed by atoms with Crippen molar-refractivity contribution in [3.63, 3.8) is 0 Å². The minimum Gasteiger partial charge on any atom is -0.466 e. The summed E-state index contributed by atoms with van der Waals surface area (Å²) in [6.07, 6.45) is 10.7. The van der Waals surface area contributed by atoms with Crippen LogP contribution in [0, 0.1) is 5.92 Å². The first-order chi connectivity index (χ1) is 14.1. The van der Waals surface area contributed by atoms with Gasteiger partial charge in [-0.2, -0.15) is 5.10 Å². The Morgan fingerprint density at radius 3 is 2.86 bits per heavy atom. The van der Waals surface area contributed by atoms with E-state index in [0.29, 0.717) is 36.0 Å². The molecule has 9 nitrogen and oxygen atoms in total. The van der Waals surface area contributed by atoms with Crippen molar-refractivity contribution >= 4 is 22.8 Å². The number of carbonyl (C=O) groups excluding carboxylic acids is 2. The van der Waals surface area contributed by atoms with E-state index in [1.807, 2.05) is 13.0 Å². The lowest BCUT2D eigenvalue weighted by Crippen LogP contribution is -2.38. The van der Waals surface area contributed by atoms with Gasteiger partial charge in [-0.05, 0) is 44.6 Å². The monoisotopic (exact) mass is 396 g/mol. The molecule has 4 rings (SSSR count). The SMILES string of the molecule is CCOC(=O)C[C@H]1CC[C@H](NC(=O)c2nc(-n3ccnc3)cc3cn[nH]c23)CC1. The summed E-state index contributed by atoms with van der Waals surface area (Å²) in [6.45, 7) is 2.23. The maximum absolute atomic E-state index is 13.0. The Morgan fingerprint density at radius 1 is 1.31 bits per heavy atom. The Bertz CT molecular complexity index is 989. The normalized spacial score (nSPS) is 19.2. The molecule has 29 heavy (non-hydrogen) atoms. The first kappa shape index (κ1) is 19.1. The predicted octanol–water partition coefficient (Wildman–Crippen LogP) is 2.39. The molecule has 0 radical (unpaired) electrons. The number of nitrogens with zero attached hydrogens (tertiary/aromatic N) is 4. The number of rotatable bonds is 6. The molecule has 0 saturated heterocycles. The maximum atomic E-state index is 13.0. The van der Waals surface area contributed by atoms with E-state index in [1.165, 1.54) is 0 Å². The zero-order chi connectivity index (χ0) is 20.2. The van der Waals surface area contributed by atoms with Crippen molar-refractivity contribution in [1.29, 1.82) is 0 Å². The van der Waals surface area contributed by atoms with Crippen molar-refractivity contribution in [2.75, 3.05) is 6.61 Å². The fourth-order valence-electron chi connectivity index (χ4n) is 3.85. The number of aromatic amines is 1. The fraction of sp³-hybridized carbons (Fsp3) is 0.450. The summed E-state index contributed by atoms with van der Waals surface area (Å²) in [6, 6.07) is 1.93. The number of pyridine rings is 1. The fourth-order valence-corrected chi connectivity index (χ4v) is 3.85. The molecule has 1 fully saturated rings. The van der Waals surface area contributed by atoms with Gasteiger partial charge in [0.05, 0.1) is 18.3 Å². The summed E-state index contributed by atoms with van der Waals surface area (Å²) in [4.78, 5) is 33.2. The highest BCUT2D eigenvalue weighted by Crippen LogP contribution is 2.27. The van der Waals surface area contributed by atoms with E-state index in [2.05, 4.69) is 25.5 Å². The molecule has 0 aromatic carbocycles. The van der Waals surface area contributed by atoms with Crippen LogP contribution in [0.1, 0.15) is 49.5 Å². The number of H-pyrrole nitrogens is 1. The van der Waals surface area contributed by atoms with E-state index in [-0.39, 0.29) is 17.9 Å². The lowest BCUT2D eigenvalue weighted by Gasteiger charge is -2.28. The van der Waals surface area contributed by atoms with E-state index in [1.54, 1.807) is 29.5 Å². The van der Waals surface area contributed by atoms with Crippen LogP contribution in [0.3, 0.4) is 0 Å². The van der Waals surface area contributed by atoms with Crippen molar-refractivity contribution in [1.82, 2.24) is 30.0 Å². The molecule has 1 aliphatic rings. The van der Waals surface area contributed by atoms with E-state index >= 15 is 0 Å². The molecular weight excluding hydrogens is 372 g/mol. The number of aromatic nitrogens is 5. The van der Waals surface area contributed by atoms with Crippen LogP contribution in [-0.2, 0) is 9.53 Å². The number of imidazole rings is 1. The largest absolute Gasteiger partial charge is 0.466 e. The van der Waals surface area contributed by atoms with Gasteiger partial charge in [-0.25, -0.2) is 9.97 Å². The molecule has 0 atom stereocenters. The van der Waals surface area contributed by atoms with Crippen LogP contribution in [0.15, 0.2) is 31.0 Å². The zero-order valence-electron chi connectivity index (χ0n) is 16.3. The van der Waals surface area contributed by atoms with Crippen LogP contribution in [-0.4, -0.2) is 49.3 Å². The van der Waals surface area contributed by atoms with Crippen LogP contribution in [0.2, 0.25) is 0 Å². The molecule has 152 valence electrons. The van der Waals surface area contributed by atoms with Crippen LogP contribution >= 0.6 is 0 Å². The number of hydrogen-bond acceptors (Lipinski definition) is 6. The van der Waals surface area contributed by atoms with Crippen LogP contribution in [0.25, 0.3) is 16.7 Å². The Morgan fingerprint density at radius 2 is 2.14 bits per heavy atom. The number of esters is 1. The molecule has 0 spiro atoms. The van der Waals surface area contributed by atoms with Gasteiger partial charge in [0.1, 0.15) is 12.1 Å². The van der Waals surface area contributed by atoms with Crippen molar-refractivity contribution < 1.29 is 14.3 Å². The molecule has 3 heterocycles. The summed E-state index contributed by atoms with van der Waals surface area (Å²) in [5.74, 6) is 0.570. The molecule has 0 unspecified atom stereocenters. The van der Waals surface area contributed by atoms with Gasteiger partial charge >= 0.3 is 5.97 Å². The summed E-state index contributed by atoms with van der Waals surface area (Å²) in [5.41, 5.74) is 0.930. The number of fused-ring (bicyclic) bond motifs is 1. The Balaban J connectivity index is 1.43. The van der Waals surface area contributed by atoms with Gasteiger partial charge in [-0.3, -0.25) is 19.3 Å².